The van der Waals surface area contributed by atoms with Gasteiger partial charge in [0.1, 0.15) is 5.75 Å². The largest absolute Gasteiger partial charge is 0.508 e. The van der Waals surface area contributed by atoms with E-state index in [1.165, 1.54) is 5.56 Å². The zero-order valence-electron chi connectivity index (χ0n) is 10.5. The molecular formula is C14H18N2OS. The Labute approximate surface area is 112 Å². The van der Waals surface area contributed by atoms with Crippen molar-refractivity contribution in [2.45, 2.75) is 25.8 Å². The molecule has 1 atom stereocenters. The molecule has 0 radical (unpaired) electrons. The lowest BCUT2D eigenvalue weighted by atomic mass is 10.1. The smallest absolute Gasteiger partial charge is 0.115 e. The molecular weight excluding hydrogens is 244 g/mol. The van der Waals surface area contributed by atoms with E-state index in [-0.39, 0.29) is 0 Å². The molecule has 0 aliphatic heterocycles. The van der Waals surface area contributed by atoms with Gasteiger partial charge in [-0.2, -0.15) is 0 Å². The molecule has 0 saturated carbocycles. The maximum atomic E-state index is 9.22. The lowest BCUT2D eigenvalue weighted by molar-refractivity contribution is 0.474. The van der Waals surface area contributed by atoms with E-state index in [4.69, 9.17) is 0 Å². The van der Waals surface area contributed by atoms with Crippen LogP contribution in [0.4, 0.5) is 0 Å². The van der Waals surface area contributed by atoms with Gasteiger partial charge in [-0.3, -0.25) is 0 Å². The van der Waals surface area contributed by atoms with Gasteiger partial charge in [0.25, 0.3) is 0 Å². The summed E-state index contributed by atoms with van der Waals surface area (Å²) < 4.78 is 0. The van der Waals surface area contributed by atoms with Crippen LogP contribution in [0.3, 0.4) is 0 Å². The van der Waals surface area contributed by atoms with Gasteiger partial charge >= 0.3 is 0 Å². The molecule has 2 N–H and O–H groups in total. The Morgan fingerprint density at radius 3 is 2.78 bits per heavy atom. The van der Waals surface area contributed by atoms with Gasteiger partial charge in [0.2, 0.25) is 0 Å². The molecule has 96 valence electrons. The predicted molar refractivity (Wildman–Crippen MR) is 75.1 cm³/mol. The molecule has 3 nitrogen and oxygen atoms in total. The molecule has 0 bridgehead atoms. The highest BCUT2D eigenvalue weighted by Crippen LogP contribution is 2.11. The third kappa shape index (κ3) is 4.13. The van der Waals surface area contributed by atoms with Crippen molar-refractivity contribution in [2.24, 2.45) is 0 Å². The summed E-state index contributed by atoms with van der Waals surface area (Å²) in [4.78, 5) is 4.26. The summed E-state index contributed by atoms with van der Waals surface area (Å²) in [5, 5.41) is 14.8. The summed E-state index contributed by atoms with van der Waals surface area (Å²) >= 11 is 1.64. The van der Waals surface area contributed by atoms with Crippen molar-refractivity contribution >= 4 is 11.3 Å². The molecule has 0 aliphatic rings. The van der Waals surface area contributed by atoms with Crippen molar-refractivity contribution in [3.8, 4) is 5.75 Å². The fourth-order valence-corrected chi connectivity index (χ4v) is 2.46. The van der Waals surface area contributed by atoms with Gasteiger partial charge in [-0.05, 0) is 31.0 Å². The molecule has 0 aliphatic carbocycles. The number of aromatic hydroxyl groups is 1. The molecule has 2 rings (SSSR count). The topological polar surface area (TPSA) is 45.1 Å². The van der Waals surface area contributed by atoms with E-state index in [9.17, 15) is 5.11 Å². The Balaban J connectivity index is 1.71. The maximum Gasteiger partial charge on any atom is 0.115 e. The van der Waals surface area contributed by atoms with Gasteiger partial charge in [-0.1, -0.05) is 12.1 Å². The van der Waals surface area contributed by atoms with Crippen molar-refractivity contribution in [3.05, 3.63) is 46.4 Å². The normalized spacial score (nSPS) is 12.5. The average molecular weight is 262 g/mol. The Morgan fingerprint density at radius 2 is 2.11 bits per heavy atom. The van der Waals surface area contributed by atoms with E-state index >= 15 is 0 Å². The molecule has 0 amide bonds. The van der Waals surface area contributed by atoms with Crippen LogP contribution in [-0.2, 0) is 12.8 Å². The average Bonchev–Trinajstić information content (AvgIpc) is 2.85. The molecule has 18 heavy (non-hydrogen) atoms. The lowest BCUT2D eigenvalue weighted by Crippen LogP contribution is -2.30. The Kier molecular flexibility index (Phi) is 4.73. The quantitative estimate of drug-likeness (QED) is 0.841. The van der Waals surface area contributed by atoms with Crippen LogP contribution in [0.15, 0.2) is 35.2 Å². The van der Waals surface area contributed by atoms with Crippen LogP contribution in [0, 0.1) is 0 Å². The second-order valence-corrected chi connectivity index (χ2v) is 5.17. The summed E-state index contributed by atoms with van der Waals surface area (Å²) in [5.74, 6) is 0.322. The fourth-order valence-electron chi connectivity index (χ4n) is 1.87. The summed E-state index contributed by atoms with van der Waals surface area (Å²) in [6.07, 6.45) is 1.95. The van der Waals surface area contributed by atoms with Crippen LogP contribution in [-0.4, -0.2) is 22.7 Å². The number of rotatable bonds is 6. The van der Waals surface area contributed by atoms with Gasteiger partial charge in [0, 0.05) is 24.4 Å². The summed E-state index contributed by atoms with van der Waals surface area (Å²) in [6, 6.07) is 7.82. The van der Waals surface area contributed by atoms with E-state index in [1.807, 2.05) is 17.6 Å². The Bertz CT molecular complexity index is 453. The van der Waals surface area contributed by atoms with Gasteiger partial charge in [0.05, 0.1) is 11.2 Å². The van der Waals surface area contributed by atoms with Crippen LogP contribution in [0.25, 0.3) is 0 Å². The molecule has 0 spiro atoms. The van der Waals surface area contributed by atoms with Crippen LogP contribution >= 0.6 is 11.3 Å². The number of thiazole rings is 1. The number of phenols is 1. The van der Waals surface area contributed by atoms with Gasteiger partial charge < -0.3 is 10.4 Å². The van der Waals surface area contributed by atoms with E-state index in [2.05, 4.69) is 22.6 Å². The first-order valence-corrected chi connectivity index (χ1v) is 7.06. The highest BCUT2D eigenvalue weighted by atomic mass is 32.1. The third-order valence-electron chi connectivity index (χ3n) is 2.84. The fraction of sp³-hybridized carbons (Fsp3) is 0.357. The van der Waals surface area contributed by atoms with Crippen molar-refractivity contribution in [3.63, 3.8) is 0 Å². The molecule has 4 heteroatoms. The molecule has 0 fully saturated rings. The summed E-state index contributed by atoms with van der Waals surface area (Å²) in [6.45, 7) is 3.12. The van der Waals surface area contributed by atoms with E-state index < -0.39 is 0 Å². The predicted octanol–water partition coefficient (Wildman–Crippen LogP) is 2.61. The summed E-state index contributed by atoms with van der Waals surface area (Å²) in [7, 11) is 0. The van der Waals surface area contributed by atoms with Crippen molar-refractivity contribution in [1.82, 2.24) is 10.3 Å². The summed E-state index contributed by atoms with van der Waals surface area (Å²) in [5.41, 5.74) is 4.26. The van der Waals surface area contributed by atoms with Crippen LogP contribution in [0.2, 0.25) is 0 Å². The lowest BCUT2D eigenvalue weighted by Gasteiger charge is -2.13. The molecule has 1 heterocycles. The molecule has 2 aromatic rings. The number of nitrogens with one attached hydrogen (secondary N) is 1. The molecule has 1 unspecified atom stereocenters. The number of hydrogen-bond donors (Lipinski definition) is 2. The van der Waals surface area contributed by atoms with Crippen LogP contribution in [0.5, 0.6) is 5.75 Å². The highest BCUT2D eigenvalue weighted by Gasteiger charge is 2.03. The van der Waals surface area contributed by atoms with Gasteiger partial charge in [-0.15, -0.1) is 11.3 Å². The standard InChI is InChI=1S/C14H18N2OS/c1-11(8-12-2-4-14(17)5-3-12)15-7-6-13-9-18-10-16-13/h2-5,9-11,15,17H,6-8H2,1H3. The van der Waals surface area contributed by atoms with Crippen molar-refractivity contribution in [2.75, 3.05) is 6.54 Å². The van der Waals surface area contributed by atoms with Crippen LogP contribution < -0.4 is 5.32 Å². The molecule has 1 aromatic heterocycles. The second kappa shape index (κ2) is 6.52. The molecule has 1 aromatic carbocycles. The minimum Gasteiger partial charge on any atom is -0.508 e. The first kappa shape index (κ1) is 13.1. The number of nitrogens with zero attached hydrogens (tertiary/aromatic N) is 1. The van der Waals surface area contributed by atoms with E-state index in [1.54, 1.807) is 23.5 Å². The number of benzene rings is 1. The van der Waals surface area contributed by atoms with Gasteiger partial charge in [-0.25, -0.2) is 4.98 Å². The number of aromatic nitrogens is 1. The zero-order chi connectivity index (χ0) is 12.8. The zero-order valence-corrected chi connectivity index (χ0v) is 11.3. The van der Waals surface area contributed by atoms with Crippen LogP contribution in [0.1, 0.15) is 18.2 Å². The minimum atomic E-state index is 0.322. The SMILES string of the molecule is CC(Cc1ccc(O)cc1)NCCc1cscn1. The Morgan fingerprint density at radius 1 is 1.33 bits per heavy atom. The van der Waals surface area contributed by atoms with E-state index in [0.717, 1.165) is 25.1 Å². The van der Waals surface area contributed by atoms with E-state index in [0.29, 0.717) is 11.8 Å². The second-order valence-electron chi connectivity index (χ2n) is 4.46. The monoisotopic (exact) mass is 262 g/mol. The number of hydrogen-bond acceptors (Lipinski definition) is 4. The minimum absolute atomic E-state index is 0.322. The highest BCUT2D eigenvalue weighted by molar-refractivity contribution is 7.07. The first-order valence-electron chi connectivity index (χ1n) is 6.12. The molecule has 0 saturated heterocycles. The number of phenolic OH excluding ortho intramolecular Hbond substituents is 1. The van der Waals surface area contributed by atoms with Crippen molar-refractivity contribution < 1.29 is 5.11 Å². The maximum absolute atomic E-state index is 9.22. The third-order valence-corrected chi connectivity index (χ3v) is 3.47. The van der Waals surface area contributed by atoms with Crippen molar-refractivity contribution in [1.29, 1.82) is 0 Å². The Hall–Kier alpha value is -1.39. The van der Waals surface area contributed by atoms with Gasteiger partial charge in [0.15, 0.2) is 0 Å². The first-order chi connectivity index (χ1) is 8.74.